The van der Waals surface area contributed by atoms with Crippen molar-refractivity contribution in [2.24, 2.45) is 0 Å². The van der Waals surface area contributed by atoms with Gasteiger partial charge in [-0.15, -0.1) is 0 Å². The number of hydrogen-bond acceptors (Lipinski definition) is 4. The molecule has 2 aromatic carbocycles. The van der Waals surface area contributed by atoms with Gasteiger partial charge in [0.25, 0.3) is 5.56 Å². The van der Waals surface area contributed by atoms with Gasteiger partial charge in [-0.25, -0.2) is 0 Å². The van der Waals surface area contributed by atoms with Gasteiger partial charge < -0.3 is 14.0 Å². The Morgan fingerprint density at radius 2 is 1.96 bits per heavy atom. The second kappa shape index (κ2) is 6.98. The molecule has 0 amide bonds. The number of aromatic nitrogens is 2. The minimum absolute atomic E-state index is 0.237. The quantitative estimate of drug-likeness (QED) is 0.722. The summed E-state index contributed by atoms with van der Waals surface area (Å²) >= 11 is 5.35. The predicted molar refractivity (Wildman–Crippen MR) is 97.3 cm³/mol. The molecule has 0 fully saturated rings. The number of rotatable bonds is 5. The Morgan fingerprint density at radius 1 is 1.17 bits per heavy atom. The van der Waals surface area contributed by atoms with E-state index in [1.807, 2.05) is 41.0 Å². The van der Waals surface area contributed by atoms with Crippen LogP contribution in [0.25, 0.3) is 22.0 Å². The molecule has 0 atom stereocenters. The van der Waals surface area contributed by atoms with Crippen LogP contribution >= 0.6 is 12.2 Å². The minimum Gasteiger partial charge on any atom is -0.496 e. The van der Waals surface area contributed by atoms with E-state index in [0.29, 0.717) is 23.7 Å². The summed E-state index contributed by atoms with van der Waals surface area (Å²) in [6, 6.07) is 13.4. The van der Waals surface area contributed by atoms with E-state index >= 15 is 0 Å². The van der Waals surface area contributed by atoms with E-state index in [9.17, 15) is 4.79 Å². The van der Waals surface area contributed by atoms with Crippen LogP contribution in [0.1, 0.15) is 0 Å². The standard InChI is InChI=1S/C18H18N2O3S/c1-22-10-9-20-14(11-16(21)19-18(20)24)17-13-6-4-3-5-12(13)7-8-15(17)23-2/h3-8,11H,9-10H2,1-2H3,(H,19,21,24). The van der Waals surface area contributed by atoms with E-state index in [-0.39, 0.29) is 5.56 Å². The molecule has 1 aromatic heterocycles. The lowest BCUT2D eigenvalue weighted by atomic mass is 10.0. The van der Waals surface area contributed by atoms with E-state index in [2.05, 4.69) is 4.98 Å². The molecular weight excluding hydrogens is 324 g/mol. The maximum Gasteiger partial charge on any atom is 0.252 e. The summed E-state index contributed by atoms with van der Waals surface area (Å²) in [6.07, 6.45) is 0. The Bertz CT molecular complexity index is 991. The average Bonchev–Trinajstić information content (AvgIpc) is 2.59. The van der Waals surface area contributed by atoms with Crippen LogP contribution in [0.2, 0.25) is 0 Å². The van der Waals surface area contributed by atoms with Crippen LogP contribution in [-0.4, -0.2) is 30.4 Å². The first kappa shape index (κ1) is 16.4. The van der Waals surface area contributed by atoms with Crippen molar-refractivity contribution in [1.29, 1.82) is 0 Å². The summed E-state index contributed by atoms with van der Waals surface area (Å²) in [5.74, 6) is 0.694. The third kappa shape index (κ3) is 2.98. The molecule has 0 aliphatic carbocycles. The highest BCUT2D eigenvalue weighted by molar-refractivity contribution is 7.71. The smallest absolute Gasteiger partial charge is 0.252 e. The number of H-pyrrole nitrogens is 1. The number of ether oxygens (including phenoxy) is 2. The molecule has 0 bridgehead atoms. The van der Waals surface area contributed by atoms with Crippen molar-refractivity contribution in [2.75, 3.05) is 20.8 Å². The Hall–Kier alpha value is -2.44. The van der Waals surface area contributed by atoms with E-state index in [1.54, 1.807) is 20.3 Å². The molecule has 0 aliphatic rings. The van der Waals surface area contributed by atoms with Gasteiger partial charge in [0.1, 0.15) is 5.75 Å². The number of benzene rings is 2. The monoisotopic (exact) mass is 342 g/mol. The van der Waals surface area contributed by atoms with E-state index in [1.165, 1.54) is 0 Å². The lowest BCUT2D eigenvalue weighted by Gasteiger charge is -2.17. The molecule has 0 radical (unpaired) electrons. The molecule has 24 heavy (non-hydrogen) atoms. The molecule has 0 saturated carbocycles. The molecule has 6 heteroatoms. The van der Waals surface area contributed by atoms with Gasteiger partial charge in [-0.1, -0.05) is 30.3 Å². The summed E-state index contributed by atoms with van der Waals surface area (Å²) in [5.41, 5.74) is 1.33. The first-order valence-electron chi connectivity index (χ1n) is 7.55. The van der Waals surface area contributed by atoms with Crippen LogP contribution in [0.5, 0.6) is 5.75 Å². The zero-order valence-corrected chi connectivity index (χ0v) is 14.4. The van der Waals surface area contributed by atoms with Crippen LogP contribution in [0, 0.1) is 4.77 Å². The van der Waals surface area contributed by atoms with Crippen molar-refractivity contribution in [3.63, 3.8) is 0 Å². The van der Waals surface area contributed by atoms with Crippen LogP contribution < -0.4 is 10.3 Å². The Balaban J connectivity index is 2.39. The zero-order valence-electron chi connectivity index (χ0n) is 13.5. The lowest BCUT2D eigenvalue weighted by molar-refractivity contribution is 0.186. The molecule has 3 rings (SSSR count). The van der Waals surface area contributed by atoms with Gasteiger partial charge in [0.2, 0.25) is 0 Å². The van der Waals surface area contributed by atoms with Gasteiger partial charge in [-0.05, 0) is 29.1 Å². The molecule has 0 saturated heterocycles. The third-order valence-electron chi connectivity index (χ3n) is 3.92. The first-order chi connectivity index (χ1) is 11.7. The predicted octanol–water partition coefficient (Wildman–Crippen LogP) is 3.38. The maximum absolute atomic E-state index is 12.0. The fraction of sp³-hybridized carbons (Fsp3) is 0.222. The number of nitrogens with zero attached hydrogens (tertiary/aromatic N) is 1. The molecule has 1 N–H and O–H groups in total. The molecule has 0 aliphatic heterocycles. The van der Waals surface area contributed by atoms with Gasteiger partial charge in [-0.3, -0.25) is 9.78 Å². The molecule has 5 nitrogen and oxygen atoms in total. The van der Waals surface area contributed by atoms with Crippen molar-refractivity contribution in [3.8, 4) is 17.0 Å². The van der Waals surface area contributed by atoms with Crippen molar-refractivity contribution >= 4 is 23.0 Å². The number of methoxy groups -OCH3 is 2. The third-order valence-corrected chi connectivity index (χ3v) is 4.24. The second-order valence-electron chi connectivity index (χ2n) is 5.33. The van der Waals surface area contributed by atoms with Crippen LogP contribution in [0.15, 0.2) is 47.3 Å². The Kier molecular flexibility index (Phi) is 4.78. The SMILES string of the molecule is COCCn1c(-c2c(OC)ccc3ccccc23)cc(=O)[nH]c1=S. The molecule has 3 aromatic rings. The summed E-state index contributed by atoms with van der Waals surface area (Å²) < 4.78 is 13.0. The number of nitrogens with one attached hydrogen (secondary N) is 1. The topological polar surface area (TPSA) is 56.2 Å². The van der Waals surface area contributed by atoms with Crippen molar-refractivity contribution in [3.05, 3.63) is 57.6 Å². The van der Waals surface area contributed by atoms with Crippen molar-refractivity contribution in [1.82, 2.24) is 9.55 Å². The average molecular weight is 342 g/mol. The fourth-order valence-electron chi connectivity index (χ4n) is 2.82. The normalized spacial score (nSPS) is 10.9. The zero-order chi connectivity index (χ0) is 17.1. The minimum atomic E-state index is -0.237. The van der Waals surface area contributed by atoms with Crippen LogP contribution in [-0.2, 0) is 11.3 Å². The fourth-order valence-corrected chi connectivity index (χ4v) is 3.11. The van der Waals surface area contributed by atoms with Crippen molar-refractivity contribution < 1.29 is 9.47 Å². The van der Waals surface area contributed by atoms with E-state index in [0.717, 1.165) is 22.0 Å². The molecule has 1 heterocycles. The van der Waals surface area contributed by atoms with Crippen LogP contribution in [0.3, 0.4) is 0 Å². The second-order valence-corrected chi connectivity index (χ2v) is 5.72. The molecule has 124 valence electrons. The highest BCUT2D eigenvalue weighted by Gasteiger charge is 2.15. The van der Waals surface area contributed by atoms with Gasteiger partial charge in [-0.2, -0.15) is 0 Å². The van der Waals surface area contributed by atoms with E-state index in [4.69, 9.17) is 21.7 Å². The summed E-state index contributed by atoms with van der Waals surface area (Å²) in [7, 11) is 3.25. The summed E-state index contributed by atoms with van der Waals surface area (Å²) in [4.78, 5) is 14.7. The Morgan fingerprint density at radius 3 is 2.71 bits per heavy atom. The number of hydrogen-bond donors (Lipinski definition) is 1. The van der Waals surface area contributed by atoms with Gasteiger partial charge >= 0.3 is 0 Å². The maximum atomic E-state index is 12.0. The first-order valence-corrected chi connectivity index (χ1v) is 7.95. The molecule has 0 unspecified atom stereocenters. The van der Waals surface area contributed by atoms with Crippen LogP contribution in [0.4, 0.5) is 0 Å². The van der Waals surface area contributed by atoms with Gasteiger partial charge in [0, 0.05) is 25.3 Å². The number of fused-ring (bicyclic) bond motifs is 1. The largest absolute Gasteiger partial charge is 0.496 e. The lowest BCUT2D eigenvalue weighted by Crippen LogP contribution is -2.17. The Labute approximate surface area is 144 Å². The molecular formula is C18H18N2O3S. The van der Waals surface area contributed by atoms with Gasteiger partial charge in [0.05, 0.1) is 19.4 Å². The highest BCUT2D eigenvalue weighted by atomic mass is 32.1. The highest BCUT2D eigenvalue weighted by Crippen LogP contribution is 2.36. The summed E-state index contributed by atoms with van der Waals surface area (Å²) in [6.45, 7) is 1.02. The molecule has 0 spiro atoms. The van der Waals surface area contributed by atoms with Gasteiger partial charge in [0.15, 0.2) is 4.77 Å². The summed E-state index contributed by atoms with van der Waals surface area (Å²) in [5, 5.41) is 2.07. The number of aromatic amines is 1. The van der Waals surface area contributed by atoms with Crippen molar-refractivity contribution in [2.45, 2.75) is 6.54 Å². The van der Waals surface area contributed by atoms with E-state index < -0.39 is 0 Å².